The van der Waals surface area contributed by atoms with Crippen LogP contribution in [0.1, 0.15) is 24.2 Å². The first-order valence-electron chi connectivity index (χ1n) is 5.34. The van der Waals surface area contributed by atoms with Gasteiger partial charge in [0.05, 0.1) is 10.6 Å². The molecule has 1 rings (SSSR count). The van der Waals surface area contributed by atoms with Crippen LogP contribution in [0, 0.1) is 0 Å². The fraction of sp³-hybridized carbons (Fsp3) is 0.417. The van der Waals surface area contributed by atoms with E-state index in [4.69, 9.17) is 22.1 Å². The molecule has 0 bridgehead atoms. The fourth-order valence-electron chi connectivity index (χ4n) is 1.20. The van der Waals surface area contributed by atoms with Crippen molar-refractivity contribution in [2.75, 3.05) is 18.1 Å². The Bertz CT molecular complexity index is 396. The highest BCUT2D eigenvalue weighted by Gasteiger charge is 2.12. The van der Waals surface area contributed by atoms with E-state index in [9.17, 15) is 4.79 Å². The Hall–Kier alpha value is -0.870. The number of thioether (sulfide) groups is 1. The van der Waals surface area contributed by atoms with Gasteiger partial charge in [-0.15, -0.1) is 0 Å². The number of hydrogen-bond acceptors (Lipinski definition) is 4. The van der Waals surface area contributed by atoms with Gasteiger partial charge in [0.25, 0.3) is 0 Å². The molecule has 1 aromatic rings. The second-order valence-corrected chi connectivity index (χ2v) is 5.89. The van der Waals surface area contributed by atoms with Crippen LogP contribution in [0.25, 0.3) is 0 Å². The first-order valence-corrected chi connectivity index (χ1v) is 6.77. The molecule has 0 aliphatic rings. The molecule has 0 unspecified atom stereocenters. The SMILES string of the molecule is CC(C)SCCOC(=O)c1cc(N)ccc1Cl. The monoisotopic (exact) mass is 273 g/mol. The normalized spacial score (nSPS) is 10.6. The van der Waals surface area contributed by atoms with Crippen LogP contribution in [0.4, 0.5) is 5.69 Å². The standard InChI is InChI=1S/C12H16ClNO2S/c1-8(2)17-6-5-16-12(15)10-7-9(14)3-4-11(10)13/h3-4,7-8H,5-6,14H2,1-2H3. The smallest absolute Gasteiger partial charge is 0.339 e. The summed E-state index contributed by atoms with van der Waals surface area (Å²) in [5.74, 6) is 0.357. The lowest BCUT2D eigenvalue weighted by atomic mass is 10.2. The summed E-state index contributed by atoms with van der Waals surface area (Å²) >= 11 is 7.63. The summed E-state index contributed by atoms with van der Waals surface area (Å²) in [7, 11) is 0. The van der Waals surface area contributed by atoms with Gasteiger partial charge in [0.2, 0.25) is 0 Å². The third-order valence-corrected chi connectivity index (χ3v) is 3.38. The van der Waals surface area contributed by atoms with Crippen molar-refractivity contribution in [3.63, 3.8) is 0 Å². The second kappa shape index (κ2) is 6.77. The van der Waals surface area contributed by atoms with Crippen LogP contribution < -0.4 is 5.73 Å². The van der Waals surface area contributed by atoms with E-state index < -0.39 is 5.97 Å². The third-order valence-electron chi connectivity index (χ3n) is 1.98. The maximum atomic E-state index is 11.7. The van der Waals surface area contributed by atoms with E-state index in [1.165, 1.54) is 6.07 Å². The first-order chi connectivity index (χ1) is 8.00. The zero-order chi connectivity index (χ0) is 12.8. The van der Waals surface area contributed by atoms with Gasteiger partial charge < -0.3 is 10.5 Å². The maximum absolute atomic E-state index is 11.7. The molecule has 17 heavy (non-hydrogen) atoms. The van der Waals surface area contributed by atoms with Crippen LogP contribution >= 0.6 is 23.4 Å². The average Bonchev–Trinajstić information content (AvgIpc) is 2.27. The lowest BCUT2D eigenvalue weighted by Crippen LogP contribution is -2.09. The number of esters is 1. The van der Waals surface area contributed by atoms with Gasteiger partial charge in [0, 0.05) is 11.4 Å². The van der Waals surface area contributed by atoms with Crippen molar-refractivity contribution in [1.82, 2.24) is 0 Å². The molecule has 1 aromatic carbocycles. The topological polar surface area (TPSA) is 52.3 Å². The fourth-order valence-corrected chi connectivity index (χ4v) is 2.04. The molecule has 0 saturated carbocycles. The molecule has 5 heteroatoms. The van der Waals surface area contributed by atoms with Crippen LogP contribution in [0.5, 0.6) is 0 Å². The molecule has 0 amide bonds. The number of ether oxygens (including phenoxy) is 1. The molecule has 0 atom stereocenters. The van der Waals surface area contributed by atoms with E-state index in [1.54, 1.807) is 23.9 Å². The molecule has 0 aliphatic carbocycles. The predicted octanol–water partition coefficient (Wildman–Crippen LogP) is 3.22. The molecule has 0 fully saturated rings. The van der Waals surface area contributed by atoms with E-state index in [1.807, 2.05) is 0 Å². The molecule has 0 aliphatic heterocycles. The van der Waals surface area contributed by atoms with Gasteiger partial charge >= 0.3 is 5.97 Å². The van der Waals surface area contributed by atoms with Gasteiger partial charge in [-0.25, -0.2) is 4.79 Å². The summed E-state index contributed by atoms with van der Waals surface area (Å²) in [5, 5.41) is 0.894. The predicted molar refractivity (Wildman–Crippen MR) is 73.7 cm³/mol. The molecule has 0 spiro atoms. The Labute approximate surface area is 111 Å². The minimum Gasteiger partial charge on any atom is -0.461 e. The lowest BCUT2D eigenvalue weighted by Gasteiger charge is -2.08. The molecule has 3 nitrogen and oxygen atoms in total. The highest BCUT2D eigenvalue weighted by atomic mass is 35.5. The van der Waals surface area contributed by atoms with Gasteiger partial charge in [-0.05, 0) is 23.4 Å². The summed E-state index contributed by atoms with van der Waals surface area (Å²) in [6, 6.07) is 4.77. The van der Waals surface area contributed by atoms with Crippen LogP contribution in [0.3, 0.4) is 0 Å². The molecule has 0 radical (unpaired) electrons. The van der Waals surface area contributed by atoms with Gasteiger partial charge in [-0.3, -0.25) is 0 Å². The Morgan fingerprint density at radius 1 is 1.53 bits per heavy atom. The van der Waals surface area contributed by atoms with E-state index in [-0.39, 0.29) is 0 Å². The Morgan fingerprint density at radius 2 is 2.24 bits per heavy atom. The Morgan fingerprint density at radius 3 is 2.88 bits per heavy atom. The molecule has 0 aromatic heterocycles. The number of nitrogens with two attached hydrogens (primary N) is 1. The van der Waals surface area contributed by atoms with Crippen molar-refractivity contribution in [2.45, 2.75) is 19.1 Å². The van der Waals surface area contributed by atoms with Gasteiger partial charge in [0.15, 0.2) is 0 Å². The van der Waals surface area contributed by atoms with Crippen LogP contribution in [-0.4, -0.2) is 23.6 Å². The third kappa shape index (κ3) is 4.88. The van der Waals surface area contributed by atoms with Crippen LogP contribution in [-0.2, 0) is 4.74 Å². The van der Waals surface area contributed by atoms with E-state index in [0.29, 0.717) is 28.1 Å². The van der Waals surface area contributed by atoms with Crippen molar-refractivity contribution in [3.8, 4) is 0 Å². The number of carbonyl (C=O) groups excluding carboxylic acids is 1. The number of hydrogen-bond donors (Lipinski definition) is 1. The van der Waals surface area contributed by atoms with Crippen molar-refractivity contribution in [1.29, 1.82) is 0 Å². The quantitative estimate of drug-likeness (QED) is 0.508. The van der Waals surface area contributed by atoms with Crippen molar-refractivity contribution in [3.05, 3.63) is 28.8 Å². The summed E-state index contributed by atoms with van der Waals surface area (Å²) < 4.78 is 5.11. The Balaban J connectivity index is 2.49. The number of benzene rings is 1. The first kappa shape index (κ1) is 14.2. The summed E-state index contributed by atoms with van der Waals surface area (Å²) in [4.78, 5) is 11.7. The minimum atomic E-state index is -0.424. The minimum absolute atomic E-state index is 0.321. The largest absolute Gasteiger partial charge is 0.461 e. The molecule has 0 heterocycles. The maximum Gasteiger partial charge on any atom is 0.339 e. The number of nitrogen functional groups attached to an aromatic ring is 1. The Kier molecular flexibility index (Phi) is 5.65. The summed E-state index contributed by atoms with van der Waals surface area (Å²) in [5.41, 5.74) is 6.41. The van der Waals surface area contributed by atoms with Gasteiger partial charge in [-0.2, -0.15) is 11.8 Å². The number of halogens is 1. The second-order valence-electron chi connectivity index (χ2n) is 3.79. The summed E-state index contributed by atoms with van der Waals surface area (Å²) in [6.07, 6.45) is 0. The van der Waals surface area contributed by atoms with E-state index in [2.05, 4.69) is 13.8 Å². The number of rotatable bonds is 5. The zero-order valence-electron chi connectivity index (χ0n) is 9.90. The van der Waals surface area contributed by atoms with Crippen molar-refractivity contribution in [2.24, 2.45) is 0 Å². The molecular weight excluding hydrogens is 258 g/mol. The number of carbonyl (C=O) groups is 1. The highest BCUT2D eigenvalue weighted by Crippen LogP contribution is 2.20. The van der Waals surface area contributed by atoms with E-state index >= 15 is 0 Å². The molecule has 2 N–H and O–H groups in total. The van der Waals surface area contributed by atoms with Crippen molar-refractivity contribution < 1.29 is 9.53 Å². The van der Waals surface area contributed by atoms with Crippen LogP contribution in [0.2, 0.25) is 5.02 Å². The molecule has 0 saturated heterocycles. The van der Waals surface area contributed by atoms with E-state index in [0.717, 1.165) is 5.75 Å². The average molecular weight is 274 g/mol. The van der Waals surface area contributed by atoms with Gasteiger partial charge in [0.1, 0.15) is 6.61 Å². The number of anilines is 1. The van der Waals surface area contributed by atoms with Crippen LogP contribution in [0.15, 0.2) is 18.2 Å². The highest BCUT2D eigenvalue weighted by molar-refractivity contribution is 7.99. The lowest BCUT2D eigenvalue weighted by molar-refractivity contribution is 0.0530. The zero-order valence-corrected chi connectivity index (χ0v) is 11.5. The molecule has 94 valence electrons. The van der Waals surface area contributed by atoms with Gasteiger partial charge in [-0.1, -0.05) is 25.4 Å². The molecular formula is C12H16ClNO2S. The van der Waals surface area contributed by atoms with Crippen molar-refractivity contribution >= 4 is 35.0 Å². The summed E-state index contributed by atoms with van der Waals surface area (Å²) in [6.45, 7) is 4.58.